The van der Waals surface area contributed by atoms with Gasteiger partial charge in [-0.15, -0.1) is 0 Å². The number of nitrogens with zero attached hydrogens (tertiary/aromatic N) is 1. The van der Waals surface area contributed by atoms with Crippen molar-refractivity contribution in [2.24, 2.45) is 0 Å². The predicted molar refractivity (Wildman–Crippen MR) is 139 cm³/mol. The van der Waals surface area contributed by atoms with E-state index in [-0.39, 0.29) is 35.4 Å². The number of carboxylic acids is 1. The van der Waals surface area contributed by atoms with Crippen LogP contribution in [0, 0.1) is 0 Å². The van der Waals surface area contributed by atoms with E-state index in [1.165, 1.54) is 36.4 Å². The van der Waals surface area contributed by atoms with Crippen LogP contribution in [-0.2, 0) is 27.2 Å². The van der Waals surface area contributed by atoms with Crippen LogP contribution in [0.1, 0.15) is 35.1 Å². The SMILES string of the molecule is O=C(O)CCC1CN(S(=O)(=O)c2cccc(C(F)(F)F)c2)c2cc(C=Cc3cccc(Cl)c3C(F)(F)F)ccc2O1. The Morgan fingerprint density at radius 3 is 2.37 bits per heavy atom. The van der Waals surface area contributed by atoms with Crippen LogP contribution < -0.4 is 9.04 Å². The number of anilines is 1. The molecule has 3 aromatic rings. The fourth-order valence-electron chi connectivity index (χ4n) is 4.22. The minimum atomic E-state index is -4.81. The van der Waals surface area contributed by atoms with Gasteiger partial charge in [0, 0.05) is 6.42 Å². The van der Waals surface area contributed by atoms with E-state index in [1.54, 1.807) is 0 Å². The van der Waals surface area contributed by atoms with Crippen molar-refractivity contribution in [1.82, 2.24) is 0 Å². The summed E-state index contributed by atoms with van der Waals surface area (Å²) >= 11 is 5.77. The van der Waals surface area contributed by atoms with Crippen molar-refractivity contribution in [1.29, 1.82) is 0 Å². The summed E-state index contributed by atoms with van der Waals surface area (Å²) in [6, 6.07) is 10.8. The molecule has 1 N–H and O–H groups in total. The van der Waals surface area contributed by atoms with E-state index in [9.17, 15) is 39.6 Å². The van der Waals surface area contributed by atoms with Gasteiger partial charge in [0.25, 0.3) is 10.0 Å². The summed E-state index contributed by atoms with van der Waals surface area (Å²) in [5, 5.41) is 8.54. The van der Waals surface area contributed by atoms with Crippen LogP contribution in [0.4, 0.5) is 32.0 Å². The van der Waals surface area contributed by atoms with E-state index in [4.69, 9.17) is 21.4 Å². The van der Waals surface area contributed by atoms with E-state index in [0.717, 1.165) is 34.6 Å². The van der Waals surface area contributed by atoms with Crippen LogP contribution in [0.3, 0.4) is 0 Å². The Balaban J connectivity index is 1.78. The molecule has 0 spiro atoms. The summed E-state index contributed by atoms with van der Waals surface area (Å²) in [6.07, 6.45) is -8.54. The molecule has 1 aliphatic heterocycles. The van der Waals surface area contributed by atoms with Crippen molar-refractivity contribution in [3.8, 4) is 5.75 Å². The Bertz CT molecular complexity index is 1600. The number of halogens is 7. The molecular weight excluding hydrogens is 600 g/mol. The van der Waals surface area contributed by atoms with Crippen molar-refractivity contribution in [2.45, 2.75) is 36.2 Å². The monoisotopic (exact) mass is 619 g/mol. The zero-order valence-corrected chi connectivity index (χ0v) is 22.3. The van der Waals surface area contributed by atoms with Gasteiger partial charge in [-0.2, -0.15) is 26.3 Å². The summed E-state index contributed by atoms with van der Waals surface area (Å²) in [4.78, 5) is 10.4. The summed E-state index contributed by atoms with van der Waals surface area (Å²) < 4.78 is 114. The Hall–Kier alpha value is -3.71. The first-order valence-electron chi connectivity index (χ1n) is 11.8. The second kappa shape index (κ2) is 11.3. The van der Waals surface area contributed by atoms with E-state index >= 15 is 0 Å². The molecule has 41 heavy (non-hydrogen) atoms. The minimum absolute atomic E-state index is 0.00178. The third-order valence-corrected chi connectivity index (χ3v) is 8.22. The van der Waals surface area contributed by atoms with Crippen LogP contribution >= 0.6 is 11.6 Å². The highest BCUT2D eigenvalue weighted by Crippen LogP contribution is 2.41. The van der Waals surface area contributed by atoms with Gasteiger partial charge in [0.1, 0.15) is 11.9 Å². The number of ether oxygens (including phenoxy) is 1. The van der Waals surface area contributed by atoms with Gasteiger partial charge in [-0.3, -0.25) is 9.10 Å². The van der Waals surface area contributed by atoms with Crippen molar-refractivity contribution >= 4 is 45.4 Å². The second-order valence-electron chi connectivity index (χ2n) is 9.00. The number of carboxylic acid groups (broad SMARTS) is 1. The fourth-order valence-corrected chi connectivity index (χ4v) is 6.05. The Morgan fingerprint density at radius 2 is 1.71 bits per heavy atom. The molecule has 0 saturated heterocycles. The molecule has 4 rings (SSSR count). The maximum absolute atomic E-state index is 13.6. The summed E-state index contributed by atoms with van der Waals surface area (Å²) in [7, 11) is -4.63. The average Bonchev–Trinajstić information content (AvgIpc) is 2.89. The van der Waals surface area contributed by atoms with Gasteiger partial charge in [-0.05, 0) is 53.9 Å². The van der Waals surface area contributed by atoms with Gasteiger partial charge in [0.05, 0.1) is 33.3 Å². The topological polar surface area (TPSA) is 83.9 Å². The van der Waals surface area contributed by atoms with Crippen molar-refractivity contribution in [2.75, 3.05) is 10.8 Å². The highest BCUT2D eigenvalue weighted by Gasteiger charge is 2.38. The molecule has 14 heteroatoms. The number of rotatable bonds is 7. The van der Waals surface area contributed by atoms with Gasteiger partial charge >= 0.3 is 18.3 Å². The zero-order chi connectivity index (χ0) is 30.2. The lowest BCUT2D eigenvalue weighted by Crippen LogP contribution is -2.43. The summed E-state index contributed by atoms with van der Waals surface area (Å²) in [5.74, 6) is -1.16. The van der Waals surface area contributed by atoms with Crippen molar-refractivity contribution < 1.29 is 49.4 Å². The summed E-state index contributed by atoms with van der Waals surface area (Å²) in [6.45, 7) is -0.418. The van der Waals surface area contributed by atoms with Crippen LogP contribution in [0.5, 0.6) is 5.75 Å². The Labute approximate surface area is 235 Å². The van der Waals surface area contributed by atoms with E-state index < -0.39 is 62.0 Å². The highest BCUT2D eigenvalue weighted by atomic mass is 35.5. The molecular formula is C27H20ClF6NO5S. The largest absolute Gasteiger partial charge is 0.486 e. The number of carbonyl (C=O) groups is 1. The minimum Gasteiger partial charge on any atom is -0.486 e. The molecule has 3 aromatic carbocycles. The predicted octanol–water partition coefficient (Wildman–Crippen LogP) is 7.37. The quantitative estimate of drug-likeness (QED) is 0.221. The number of sulfonamides is 1. The van der Waals surface area contributed by atoms with E-state index in [1.807, 2.05) is 0 Å². The van der Waals surface area contributed by atoms with E-state index in [0.29, 0.717) is 6.07 Å². The number of benzene rings is 3. The zero-order valence-electron chi connectivity index (χ0n) is 20.7. The molecule has 0 aliphatic carbocycles. The van der Waals surface area contributed by atoms with Crippen LogP contribution in [-0.4, -0.2) is 32.1 Å². The third-order valence-electron chi connectivity index (χ3n) is 6.13. The maximum atomic E-state index is 13.6. The molecule has 1 aliphatic rings. The van der Waals surface area contributed by atoms with E-state index in [2.05, 4.69) is 0 Å². The van der Waals surface area contributed by atoms with Crippen LogP contribution in [0.2, 0.25) is 5.02 Å². The molecule has 0 saturated carbocycles. The van der Waals surface area contributed by atoms with Crippen LogP contribution in [0.15, 0.2) is 65.6 Å². The number of hydrogen-bond acceptors (Lipinski definition) is 4. The number of aliphatic carboxylic acids is 1. The number of fused-ring (bicyclic) bond motifs is 1. The molecule has 1 heterocycles. The summed E-state index contributed by atoms with van der Waals surface area (Å²) in [5.41, 5.74) is -2.34. The smallest absolute Gasteiger partial charge is 0.418 e. The molecule has 0 radical (unpaired) electrons. The normalized spacial score (nSPS) is 16.0. The van der Waals surface area contributed by atoms with Gasteiger partial charge in [0.2, 0.25) is 0 Å². The standard InChI is InChI=1S/C27H20ClF6NO5S/c28-21-6-1-3-17(25(21)27(32,33)34)9-7-16-8-11-23-22(13-16)35(15-19(40-23)10-12-24(36)37)41(38,39)20-5-2-4-18(14-20)26(29,30)31/h1-9,11,13-14,19H,10,12,15H2,(H,36,37). The number of alkyl halides is 6. The first-order chi connectivity index (χ1) is 19.1. The molecule has 218 valence electrons. The number of hydrogen-bond donors (Lipinski definition) is 1. The van der Waals surface area contributed by atoms with Crippen molar-refractivity contribution in [3.63, 3.8) is 0 Å². The van der Waals surface area contributed by atoms with Crippen molar-refractivity contribution in [3.05, 3.63) is 87.9 Å². The first kappa shape index (κ1) is 30.3. The Kier molecular flexibility index (Phi) is 8.33. The average molecular weight is 620 g/mol. The molecule has 1 unspecified atom stereocenters. The third kappa shape index (κ3) is 6.79. The molecule has 6 nitrogen and oxygen atoms in total. The molecule has 0 aromatic heterocycles. The molecule has 1 atom stereocenters. The molecule has 0 amide bonds. The van der Waals surface area contributed by atoms with Gasteiger partial charge in [-0.25, -0.2) is 8.42 Å². The van der Waals surface area contributed by atoms with Gasteiger partial charge in [0.15, 0.2) is 0 Å². The lowest BCUT2D eigenvalue weighted by Gasteiger charge is -2.35. The molecule has 0 fully saturated rings. The Morgan fingerprint density at radius 1 is 1.00 bits per heavy atom. The van der Waals surface area contributed by atoms with Gasteiger partial charge in [-0.1, -0.05) is 48.0 Å². The van der Waals surface area contributed by atoms with Gasteiger partial charge < -0.3 is 9.84 Å². The lowest BCUT2D eigenvalue weighted by atomic mass is 10.0. The highest BCUT2D eigenvalue weighted by molar-refractivity contribution is 7.92. The second-order valence-corrected chi connectivity index (χ2v) is 11.3. The lowest BCUT2D eigenvalue weighted by molar-refractivity contribution is -0.138. The molecule has 0 bridgehead atoms. The first-order valence-corrected chi connectivity index (χ1v) is 13.7. The fraction of sp³-hybridized carbons (Fsp3) is 0.222. The maximum Gasteiger partial charge on any atom is 0.418 e. The van der Waals surface area contributed by atoms with Crippen LogP contribution in [0.25, 0.3) is 12.2 Å².